The van der Waals surface area contributed by atoms with Crippen molar-refractivity contribution in [3.05, 3.63) is 30.7 Å². The standard InChI is InChI=1S/C7H6N2S/c10-6-2-1-4-9-5-3-8-7(6)9/h1-5,10H. The third-order valence-electron chi connectivity index (χ3n) is 1.40. The van der Waals surface area contributed by atoms with Gasteiger partial charge in [-0.15, -0.1) is 12.6 Å². The predicted octanol–water partition coefficient (Wildman–Crippen LogP) is 1.62. The molecule has 0 amide bonds. The maximum Gasteiger partial charge on any atom is 0.150 e. The van der Waals surface area contributed by atoms with Crippen LogP contribution in [-0.2, 0) is 0 Å². The van der Waals surface area contributed by atoms with Crippen molar-refractivity contribution in [3.63, 3.8) is 0 Å². The molecule has 2 aromatic rings. The fraction of sp³-hybridized carbons (Fsp3) is 0. The Bertz CT molecular complexity index is 353. The zero-order chi connectivity index (χ0) is 6.97. The van der Waals surface area contributed by atoms with Gasteiger partial charge in [-0.05, 0) is 12.1 Å². The SMILES string of the molecule is Sc1cccn2ccnc12. The van der Waals surface area contributed by atoms with Crippen LogP contribution in [0.1, 0.15) is 0 Å². The maximum atomic E-state index is 4.23. The van der Waals surface area contributed by atoms with Gasteiger partial charge in [-0.1, -0.05) is 0 Å². The van der Waals surface area contributed by atoms with Gasteiger partial charge in [0.1, 0.15) is 5.65 Å². The van der Waals surface area contributed by atoms with Gasteiger partial charge in [0.15, 0.2) is 0 Å². The molecule has 0 N–H and O–H groups in total. The summed E-state index contributed by atoms with van der Waals surface area (Å²) in [4.78, 5) is 5.01. The van der Waals surface area contributed by atoms with E-state index in [2.05, 4.69) is 17.6 Å². The van der Waals surface area contributed by atoms with E-state index < -0.39 is 0 Å². The van der Waals surface area contributed by atoms with Gasteiger partial charge in [-0.3, -0.25) is 0 Å². The van der Waals surface area contributed by atoms with Crippen LogP contribution in [-0.4, -0.2) is 9.38 Å². The van der Waals surface area contributed by atoms with Crippen LogP contribution < -0.4 is 0 Å². The molecule has 0 aliphatic carbocycles. The monoisotopic (exact) mass is 150 g/mol. The molecule has 50 valence electrons. The van der Waals surface area contributed by atoms with E-state index in [-0.39, 0.29) is 0 Å². The van der Waals surface area contributed by atoms with Crippen molar-refractivity contribution >= 4 is 18.3 Å². The molecule has 0 fully saturated rings. The fourth-order valence-electron chi connectivity index (χ4n) is 0.933. The molecule has 2 heterocycles. The first-order valence-electron chi connectivity index (χ1n) is 2.98. The molecule has 0 radical (unpaired) electrons. The molecule has 2 aromatic heterocycles. The minimum atomic E-state index is 0.908. The molecule has 2 nitrogen and oxygen atoms in total. The van der Waals surface area contributed by atoms with E-state index in [1.165, 1.54) is 0 Å². The van der Waals surface area contributed by atoms with Crippen LogP contribution in [0.2, 0.25) is 0 Å². The summed E-state index contributed by atoms with van der Waals surface area (Å²) in [6, 6.07) is 3.86. The highest BCUT2D eigenvalue weighted by Gasteiger charge is 1.94. The summed E-state index contributed by atoms with van der Waals surface area (Å²) in [5, 5.41) is 0. The Labute approximate surface area is 63.9 Å². The normalized spacial score (nSPS) is 10.5. The first-order chi connectivity index (χ1) is 4.88. The van der Waals surface area contributed by atoms with Gasteiger partial charge in [-0.25, -0.2) is 4.98 Å². The number of nitrogens with zero attached hydrogens (tertiary/aromatic N) is 2. The van der Waals surface area contributed by atoms with Crippen LogP contribution in [0.25, 0.3) is 5.65 Å². The van der Waals surface area contributed by atoms with Crippen LogP contribution in [0.4, 0.5) is 0 Å². The minimum Gasteiger partial charge on any atom is -0.306 e. The second-order valence-corrected chi connectivity index (χ2v) is 2.53. The zero-order valence-electron chi connectivity index (χ0n) is 5.23. The molecule has 0 aromatic carbocycles. The molecule has 0 saturated carbocycles. The Morgan fingerprint density at radius 1 is 1.40 bits per heavy atom. The Hall–Kier alpha value is -0.960. The molecule has 10 heavy (non-hydrogen) atoms. The lowest BCUT2D eigenvalue weighted by Crippen LogP contribution is -1.81. The third kappa shape index (κ3) is 0.708. The summed E-state index contributed by atoms with van der Waals surface area (Å²) in [6.07, 6.45) is 5.60. The van der Waals surface area contributed by atoms with Crippen LogP contribution in [0.3, 0.4) is 0 Å². The van der Waals surface area contributed by atoms with E-state index in [0.717, 1.165) is 10.5 Å². The van der Waals surface area contributed by atoms with Crippen molar-refractivity contribution in [1.82, 2.24) is 9.38 Å². The van der Waals surface area contributed by atoms with Crippen LogP contribution in [0.15, 0.2) is 35.6 Å². The molecule has 0 aliphatic heterocycles. The van der Waals surface area contributed by atoms with Crippen molar-refractivity contribution in [2.24, 2.45) is 0 Å². The Kier molecular flexibility index (Phi) is 1.17. The molecule has 3 heteroatoms. The predicted molar refractivity (Wildman–Crippen MR) is 42.4 cm³/mol. The van der Waals surface area contributed by atoms with E-state index >= 15 is 0 Å². The zero-order valence-corrected chi connectivity index (χ0v) is 6.12. The van der Waals surface area contributed by atoms with Crippen LogP contribution >= 0.6 is 12.6 Å². The summed E-state index contributed by atoms with van der Waals surface area (Å²) in [6.45, 7) is 0. The average Bonchev–Trinajstić information content (AvgIpc) is 2.36. The van der Waals surface area contributed by atoms with E-state index in [1.54, 1.807) is 6.20 Å². The van der Waals surface area contributed by atoms with Crippen molar-refractivity contribution < 1.29 is 0 Å². The summed E-state index contributed by atoms with van der Waals surface area (Å²) in [7, 11) is 0. The summed E-state index contributed by atoms with van der Waals surface area (Å²) in [5.74, 6) is 0. The number of hydrogen-bond acceptors (Lipinski definition) is 2. The molecular weight excluding hydrogens is 144 g/mol. The number of thiol groups is 1. The lowest BCUT2D eigenvalue weighted by atomic mass is 10.5. The summed E-state index contributed by atoms with van der Waals surface area (Å²) < 4.78 is 1.93. The number of fused-ring (bicyclic) bond motifs is 1. The van der Waals surface area contributed by atoms with Gasteiger partial charge in [0.25, 0.3) is 0 Å². The molecule has 0 saturated heterocycles. The first kappa shape index (κ1) is 5.80. The Balaban J connectivity index is 2.95. The van der Waals surface area contributed by atoms with Gasteiger partial charge in [0, 0.05) is 23.5 Å². The van der Waals surface area contributed by atoms with Gasteiger partial charge in [0.05, 0.1) is 0 Å². The van der Waals surface area contributed by atoms with Gasteiger partial charge in [0.2, 0.25) is 0 Å². The van der Waals surface area contributed by atoms with E-state index in [9.17, 15) is 0 Å². The highest BCUT2D eigenvalue weighted by molar-refractivity contribution is 7.80. The first-order valence-corrected chi connectivity index (χ1v) is 3.43. The second kappa shape index (κ2) is 2.02. The maximum absolute atomic E-state index is 4.23. The van der Waals surface area contributed by atoms with Gasteiger partial charge < -0.3 is 4.40 Å². The average molecular weight is 150 g/mol. The number of pyridine rings is 1. The van der Waals surface area contributed by atoms with E-state index in [4.69, 9.17) is 0 Å². The van der Waals surface area contributed by atoms with Gasteiger partial charge in [-0.2, -0.15) is 0 Å². The number of hydrogen-bond donors (Lipinski definition) is 1. The molecular formula is C7H6N2S. The van der Waals surface area contributed by atoms with Crippen molar-refractivity contribution in [2.45, 2.75) is 4.90 Å². The topological polar surface area (TPSA) is 17.3 Å². The highest BCUT2D eigenvalue weighted by Crippen LogP contribution is 2.11. The third-order valence-corrected chi connectivity index (χ3v) is 1.75. The van der Waals surface area contributed by atoms with Crippen LogP contribution in [0.5, 0.6) is 0 Å². The summed E-state index contributed by atoms with van der Waals surface area (Å²) in [5.41, 5.74) is 0.908. The van der Waals surface area contributed by atoms with Crippen LogP contribution in [0, 0.1) is 0 Å². The molecule has 2 rings (SSSR count). The number of rotatable bonds is 0. The molecule has 0 aliphatic rings. The van der Waals surface area contributed by atoms with E-state index in [1.807, 2.05) is 28.9 Å². The van der Waals surface area contributed by atoms with E-state index in [0.29, 0.717) is 0 Å². The van der Waals surface area contributed by atoms with Gasteiger partial charge >= 0.3 is 0 Å². The lowest BCUT2D eigenvalue weighted by Gasteiger charge is -1.93. The van der Waals surface area contributed by atoms with Crippen molar-refractivity contribution in [2.75, 3.05) is 0 Å². The quantitative estimate of drug-likeness (QED) is 0.565. The van der Waals surface area contributed by atoms with Crippen molar-refractivity contribution in [1.29, 1.82) is 0 Å². The highest BCUT2D eigenvalue weighted by atomic mass is 32.1. The summed E-state index contributed by atoms with van der Waals surface area (Å²) >= 11 is 4.23. The molecule has 0 bridgehead atoms. The number of imidazole rings is 1. The fourth-order valence-corrected chi connectivity index (χ4v) is 1.19. The number of aromatic nitrogens is 2. The molecule has 0 unspecified atom stereocenters. The second-order valence-electron chi connectivity index (χ2n) is 2.05. The molecule has 0 spiro atoms. The Morgan fingerprint density at radius 3 is 3.10 bits per heavy atom. The minimum absolute atomic E-state index is 0.908. The van der Waals surface area contributed by atoms with Crippen molar-refractivity contribution in [3.8, 4) is 0 Å². The smallest absolute Gasteiger partial charge is 0.150 e. The lowest BCUT2D eigenvalue weighted by molar-refractivity contribution is 1.15. The Morgan fingerprint density at radius 2 is 2.30 bits per heavy atom. The largest absolute Gasteiger partial charge is 0.306 e. The molecule has 0 atom stereocenters.